The average Bonchev–Trinajstić information content (AvgIpc) is 2.85. The van der Waals surface area contributed by atoms with Gasteiger partial charge in [0.25, 0.3) is 0 Å². The second kappa shape index (κ2) is 6.27. The largest absolute Gasteiger partial charge is 0.481 e. The zero-order chi connectivity index (χ0) is 15.5. The summed E-state index contributed by atoms with van der Waals surface area (Å²) in [6.07, 6.45) is 1.74. The third-order valence-corrected chi connectivity index (χ3v) is 3.59. The van der Waals surface area contributed by atoms with Crippen LogP contribution in [-0.4, -0.2) is 57.6 Å². The predicted octanol–water partition coefficient (Wildman–Crippen LogP) is 0.599. The fourth-order valence-corrected chi connectivity index (χ4v) is 2.54. The van der Waals surface area contributed by atoms with E-state index in [2.05, 4.69) is 25.0 Å². The molecule has 0 bridgehead atoms. The van der Waals surface area contributed by atoms with Crippen LogP contribution in [0.4, 0.5) is 5.95 Å². The first kappa shape index (κ1) is 14.7. The van der Waals surface area contributed by atoms with Gasteiger partial charge in [-0.2, -0.15) is 10.1 Å². The van der Waals surface area contributed by atoms with E-state index in [9.17, 15) is 0 Å². The van der Waals surface area contributed by atoms with Crippen LogP contribution >= 0.6 is 0 Å². The summed E-state index contributed by atoms with van der Waals surface area (Å²) in [6.45, 7) is 6.63. The minimum Gasteiger partial charge on any atom is -0.481 e. The van der Waals surface area contributed by atoms with Crippen molar-refractivity contribution in [1.82, 2.24) is 24.7 Å². The molecule has 0 unspecified atom stereocenters. The number of methoxy groups -OCH3 is 1. The lowest BCUT2D eigenvalue weighted by molar-refractivity contribution is 0.0264. The maximum Gasteiger partial charge on any atom is 0.228 e. The number of aromatic nitrogens is 5. The molecule has 1 fully saturated rings. The lowest BCUT2D eigenvalue weighted by Gasteiger charge is -2.32. The summed E-state index contributed by atoms with van der Waals surface area (Å²) in [7, 11) is 1.60. The molecular formula is C14H20N6O2. The van der Waals surface area contributed by atoms with Crippen molar-refractivity contribution >= 4 is 5.95 Å². The standard InChI is InChI=1S/C14H20N6O2/c1-10-16-11(2)20(18-10)9-12-8-19(6-7-22-12)14-15-5-4-13(17-14)21-3/h4-5,12H,6-9H2,1-3H3/t12-/m1/s1. The van der Waals surface area contributed by atoms with Gasteiger partial charge in [0, 0.05) is 25.4 Å². The van der Waals surface area contributed by atoms with Gasteiger partial charge in [-0.15, -0.1) is 0 Å². The highest BCUT2D eigenvalue weighted by molar-refractivity contribution is 5.32. The molecule has 1 saturated heterocycles. The van der Waals surface area contributed by atoms with E-state index in [1.54, 1.807) is 19.4 Å². The van der Waals surface area contributed by atoms with Crippen molar-refractivity contribution in [3.05, 3.63) is 23.9 Å². The molecule has 2 aromatic heterocycles. The monoisotopic (exact) mass is 304 g/mol. The lowest BCUT2D eigenvalue weighted by atomic mass is 10.3. The van der Waals surface area contributed by atoms with Gasteiger partial charge in [0.05, 0.1) is 26.4 Å². The molecule has 1 atom stereocenters. The van der Waals surface area contributed by atoms with Crippen LogP contribution in [0.3, 0.4) is 0 Å². The van der Waals surface area contributed by atoms with Crippen molar-refractivity contribution in [3.63, 3.8) is 0 Å². The maximum atomic E-state index is 5.84. The first-order valence-electron chi connectivity index (χ1n) is 7.27. The fraction of sp³-hybridized carbons (Fsp3) is 0.571. The van der Waals surface area contributed by atoms with E-state index >= 15 is 0 Å². The van der Waals surface area contributed by atoms with Gasteiger partial charge in [-0.1, -0.05) is 0 Å². The molecule has 8 heteroatoms. The third kappa shape index (κ3) is 3.16. The van der Waals surface area contributed by atoms with E-state index in [0.717, 1.165) is 18.2 Å². The van der Waals surface area contributed by atoms with Crippen LogP contribution in [0.5, 0.6) is 5.88 Å². The lowest BCUT2D eigenvalue weighted by Crippen LogP contribution is -2.45. The summed E-state index contributed by atoms with van der Waals surface area (Å²) in [5.74, 6) is 2.91. The normalized spacial score (nSPS) is 18.5. The van der Waals surface area contributed by atoms with Crippen LogP contribution in [0.25, 0.3) is 0 Å². The summed E-state index contributed by atoms with van der Waals surface area (Å²) < 4.78 is 12.9. The van der Waals surface area contributed by atoms with E-state index in [1.807, 2.05) is 18.5 Å². The van der Waals surface area contributed by atoms with Crippen LogP contribution in [0.15, 0.2) is 12.3 Å². The summed E-state index contributed by atoms with van der Waals surface area (Å²) in [4.78, 5) is 15.1. The van der Waals surface area contributed by atoms with Gasteiger partial charge in [-0.25, -0.2) is 14.6 Å². The molecule has 0 aromatic carbocycles. The van der Waals surface area contributed by atoms with Gasteiger partial charge in [0.15, 0.2) is 0 Å². The highest BCUT2D eigenvalue weighted by Crippen LogP contribution is 2.16. The number of anilines is 1. The average molecular weight is 304 g/mol. The third-order valence-electron chi connectivity index (χ3n) is 3.59. The van der Waals surface area contributed by atoms with Crippen LogP contribution in [0, 0.1) is 13.8 Å². The molecule has 0 aliphatic carbocycles. The van der Waals surface area contributed by atoms with Crippen LogP contribution in [-0.2, 0) is 11.3 Å². The summed E-state index contributed by atoms with van der Waals surface area (Å²) in [6, 6.07) is 1.74. The van der Waals surface area contributed by atoms with Crippen LogP contribution in [0.1, 0.15) is 11.6 Å². The number of rotatable bonds is 4. The molecular weight excluding hydrogens is 284 g/mol. The van der Waals surface area contributed by atoms with E-state index < -0.39 is 0 Å². The number of morpholine rings is 1. The molecule has 22 heavy (non-hydrogen) atoms. The second-order valence-corrected chi connectivity index (χ2v) is 5.23. The molecule has 1 aliphatic heterocycles. The number of ether oxygens (including phenoxy) is 2. The van der Waals surface area contributed by atoms with Gasteiger partial charge >= 0.3 is 0 Å². The number of hydrogen-bond donors (Lipinski definition) is 0. The topological polar surface area (TPSA) is 78.2 Å². The van der Waals surface area contributed by atoms with Gasteiger partial charge < -0.3 is 14.4 Å². The van der Waals surface area contributed by atoms with E-state index in [-0.39, 0.29) is 6.10 Å². The molecule has 3 rings (SSSR count). The van der Waals surface area contributed by atoms with Gasteiger partial charge in [-0.3, -0.25) is 0 Å². The fourth-order valence-electron chi connectivity index (χ4n) is 2.54. The molecule has 3 heterocycles. The summed E-state index contributed by atoms with van der Waals surface area (Å²) in [5, 5.41) is 4.39. The SMILES string of the molecule is COc1ccnc(N2CCO[C@@H](Cn3nc(C)nc3C)C2)n1. The van der Waals surface area contributed by atoms with Crippen molar-refractivity contribution in [2.75, 3.05) is 31.7 Å². The Morgan fingerprint density at radius 2 is 2.23 bits per heavy atom. The first-order valence-corrected chi connectivity index (χ1v) is 7.27. The summed E-state index contributed by atoms with van der Waals surface area (Å²) in [5.41, 5.74) is 0. The van der Waals surface area contributed by atoms with Crippen molar-refractivity contribution in [3.8, 4) is 5.88 Å². The Morgan fingerprint density at radius 3 is 2.95 bits per heavy atom. The van der Waals surface area contributed by atoms with Crippen molar-refractivity contribution < 1.29 is 9.47 Å². The number of nitrogens with zero attached hydrogens (tertiary/aromatic N) is 6. The van der Waals surface area contributed by atoms with E-state index in [0.29, 0.717) is 31.5 Å². The Bertz CT molecular complexity index is 644. The molecule has 0 spiro atoms. The molecule has 8 nitrogen and oxygen atoms in total. The smallest absolute Gasteiger partial charge is 0.228 e. The van der Waals surface area contributed by atoms with E-state index in [4.69, 9.17) is 9.47 Å². The van der Waals surface area contributed by atoms with Crippen molar-refractivity contribution in [2.45, 2.75) is 26.5 Å². The van der Waals surface area contributed by atoms with Crippen molar-refractivity contribution in [2.24, 2.45) is 0 Å². The quantitative estimate of drug-likeness (QED) is 0.818. The Labute approximate surface area is 129 Å². The van der Waals surface area contributed by atoms with Crippen LogP contribution < -0.4 is 9.64 Å². The minimum absolute atomic E-state index is 0.0309. The maximum absolute atomic E-state index is 5.84. The first-order chi connectivity index (χ1) is 10.7. The molecule has 0 amide bonds. The van der Waals surface area contributed by atoms with Crippen molar-refractivity contribution in [1.29, 1.82) is 0 Å². The van der Waals surface area contributed by atoms with Gasteiger partial charge in [0.1, 0.15) is 11.6 Å². The van der Waals surface area contributed by atoms with Gasteiger partial charge in [-0.05, 0) is 13.8 Å². The summed E-state index contributed by atoms with van der Waals surface area (Å²) >= 11 is 0. The minimum atomic E-state index is 0.0309. The zero-order valence-corrected chi connectivity index (χ0v) is 13.1. The number of aryl methyl sites for hydroxylation is 2. The number of hydrogen-bond acceptors (Lipinski definition) is 7. The molecule has 0 N–H and O–H groups in total. The van der Waals surface area contributed by atoms with Crippen LogP contribution in [0.2, 0.25) is 0 Å². The highest BCUT2D eigenvalue weighted by atomic mass is 16.5. The second-order valence-electron chi connectivity index (χ2n) is 5.23. The zero-order valence-electron chi connectivity index (χ0n) is 13.1. The van der Waals surface area contributed by atoms with Gasteiger partial charge in [0.2, 0.25) is 11.8 Å². The molecule has 118 valence electrons. The predicted molar refractivity (Wildman–Crippen MR) is 80.0 cm³/mol. The Kier molecular flexibility index (Phi) is 4.19. The Balaban J connectivity index is 1.69. The molecule has 2 aromatic rings. The Hall–Kier alpha value is -2.22. The Morgan fingerprint density at radius 1 is 1.36 bits per heavy atom. The molecule has 1 aliphatic rings. The van der Waals surface area contributed by atoms with E-state index in [1.165, 1.54) is 0 Å². The molecule has 0 saturated carbocycles. The highest BCUT2D eigenvalue weighted by Gasteiger charge is 2.24. The molecule has 0 radical (unpaired) electrons.